The Kier molecular flexibility index (Phi) is 6.72. The number of hydrogen-bond donors (Lipinski definition) is 2. The Bertz CT molecular complexity index is 357. The summed E-state index contributed by atoms with van der Waals surface area (Å²) < 4.78 is 5.97. The van der Waals surface area contributed by atoms with Crippen LogP contribution in [0.5, 0.6) is 0 Å². The van der Waals surface area contributed by atoms with Crippen LogP contribution < -0.4 is 10.6 Å². The van der Waals surface area contributed by atoms with Crippen LogP contribution in [0.25, 0.3) is 0 Å². The lowest BCUT2D eigenvalue weighted by Gasteiger charge is -2.13. The molecule has 0 bridgehead atoms. The van der Waals surface area contributed by atoms with E-state index < -0.39 is 0 Å². The van der Waals surface area contributed by atoms with Gasteiger partial charge in [-0.1, -0.05) is 0 Å². The van der Waals surface area contributed by atoms with E-state index in [1.54, 1.807) is 18.4 Å². The van der Waals surface area contributed by atoms with Gasteiger partial charge in [0.1, 0.15) is 0 Å². The largest absolute Gasteiger partial charge is 0.383 e. The van der Waals surface area contributed by atoms with E-state index in [1.807, 2.05) is 13.0 Å². The molecule has 1 amide bonds. The van der Waals surface area contributed by atoms with Crippen molar-refractivity contribution in [3.63, 3.8) is 0 Å². The molecule has 0 fully saturated rings. The van der Waals surface area contributed by atoms with Crippen molar-refractivity contribution in [2.75, 3.05) is 20.3 Å². The fourth-order valence-corrected chi connectivity index (χ4v) is 2.44. The highest BCUT2D eigenvalue weighted by atomic mass is 79.9. The Hall–Kier alpha value is -0.430. The second kappa shape index (κ2) is 7.81. The van der Waals surface area contributed by atoms with Crippen molar-refractivity contribution < 1.29 is 9.53 Å². The van der Waals surface area contributed by atoms with Gasteiger partial charge in [0.15, 0.2) is 0 Å². The van der Waals surface area contributed by atoms with Gasteiger partial charge in [-0.15, -0.1) is 11.3 Å². The molecule has 1 heterocycles. The number of nitrogens with one attached hydrogen (secondary N) is 2. The third kappa shape index (κ3) is 5.63. The maximum Gasteiger partial charge on any atom is 0.236 e. The SMILES string of the molecule is COCCNC(=O)C(C)NCc1csc(Br)c1. The van der Waals surface area contributed by atoms with Crippen molar-refractivity contribution in [2.24, 2.45) is 0 Å². The van der Waals surface area contributed by atoms with E-state index >= 15 is 0 Å². The lowest BCUT2D eigenvalue weighted by molar-refractivity contribution is -0.122. The minimum atomic E-state index is -0.203. The van der Waals surface area contributed by atoms with E-state index in [0.717, 1.165) is 3.79 Å². The summed E-state index contributed by atoms with van der Waals surface area (Å²) in [6, 6.07) is 1.85. The first-order valence-electron chi connectivity index (χ1n) is 5.36. The monoisotopic (exact) mass is 320 g/mol. The van der Waals surface area contributed by atoms with Gasteiger partial charge in [0.25, 0.3) is 0 Å². The van der Waals surface area contributed by atoms with Gasteiger partial charge in [-0.3, -0.25) is 4.79 Å². The lowest BCUT2D eigenvalue weighted by atomic mass is 10.2. The number of thiophene rings is 1. The van der Waals surface area contributed by atoms with E-state index in [4.69, 9.17) is 4.74 Å². The number of hydrogen-bond acceptors (Lipinski definition) is 4. The summed E-state index contributed by atoms with van der Waals surface area (Å²) in [7, 11) is 1.61. The van der Waals surface area contributed by atoms with Crippen molar-refractivity contribution in [3.8, 4) is 0 Å². The molecule has 17 heavy (non-hydrogen) atoms. The first kappa shape index (κ1) is 14.6. The predicted molar refractivity (Wildman–Crippen MR) is 73.2 cm³/mol. The Morgan fingerprint density at radius 3 is 3.00 bits per heavy atom. The van der Waals surface area contributed by atoms with Crippen LogP contribution in [0.15, 0.2) is 15.2 Å². The molecule has 6 heteroatoms. The minimum Gasteiger partial charge on any atom is -0.383 e. The summed E-state index contributed by atoms with van der Waals surface area (Å²) >= 11 is 5.05. The molecule has 4 nitrogen and oxygen atoms in total. The van der Waals surface area contributed by atoms with Gasteiger partial charge in [0.2, 0.25) is 5.91 Å². The molecule has 1 atom stereocenters. The van der Waals surface area contributed by atoms with Crippen LogP contribution in [0.4, 0.5) is 0 Å². The number of rotatable bonds is 7. The molecule has 0 saturated carbocycles. The predicted octanol–water partition coefficient (Wildman–Crippen LogP) is 1.75. The summed E-state index contributed by atoms with van der Waals surface area (Å²) in [4.78, 5) is 11.6. The molecule has 1 unspecified atom stereocenters. The molecule has 96 valence electrons. The van der Waals surface area contributed by atoms with Crippen LogP contribution in [0.2, 0.25) is 0 Å². The normalized spacial score (nSPS) is 12.4. The van der Waals surface area contributed by atoms with Crippen molar-refractivity contribution in [3.05, 3.63) is 20.8 Å². The van der Waals surface area contributed by atoms with Crippen LogP contribution in [0, 0.1) is 0 Å². The molecule has 0 aliphatic carbocycles. The average molecular weight is 321 g/mol. The lowest BCUT2D eigenvalue weighted by Crippen LogP contribution is -2.42. The summed E-state index contributed by atoms with van der Waals surface area (Å²) in [5.74, 6) is -0.00338. The number of carbonyl (C=O) groups excluding carboxylic acids is 1. The van der Waals surface area contributed by atoms with Crippen LogP contribution in [0.1, 0.15) is 12.5 Å². The Labute approximate surface area is 114 Å². The summed E-state index contributed by atoms with van der Waals surface area (Å²) in [6.07, 6.45) is 0. The minimum absolute atomic E-state index is 0.00338. The molecule has 0 spiro atoms. The molecule has 0 aliphatic heterocycles. The van der Waals surface area contributed by atoms with E-state index in [9.17, 15) is 4.79 Å². The second-order valence-electron chi connectivity index (χ2n) is 3.65. The molecule has 0 aliphatic rings. The van der Waals surface area contributed by atoms with Crippen LogP contribution in [-0.2, 0) is 16.1 Å². The van der Waals surface area contributed by atoms with Crippen LogP contribution >= 0.6 is 27.3 Å². The average Bonchev–Trinajstić information content (AvgIpc) is 2.72. The quantitative estimate of drug-likeness (QED) is 0.753. The molecule has 1 aromatic heterocycles. The number of halogens is 1. The first-order valence-corrected chi connectivity index (χ1v) is 7.03. The molecular formula is C11H17BrN2O2S. The van der Waals surface area contributed by atoms with E-state index in [1.165, 1.54) is 5.56 Å². The van der Waals surface area contributed by atoms with Gasteiger partial charge >= 0.3 is 0 Å². The zero-order valence-electron chi connectivity index (χ0n) is 9.96. The van der Waals surface area contributed by atoms with E-state index in [0.29, 0.717) is 19.7 Å². The van der Waals surface area contributed by atoms with Gasteiger partial charge in [-0.2, -0.15) is 0 Å². The van der Waals surface area contributed by atoms with Crippen molar-refractivity contribution in [1.82, 2.24) is 10.6 Å². The second-order valence-corrected chi connectivity index (χ2v) is 5.94. The van der Waals surface area contributed by atoms with E-state index in [2.05, 4.69) is 31.9 Å². The van der Waals surface area contributed by atoms with Crippen molar-refractivity contribution in [1.29, 1.82) is 0 Å². The maximum absolute atomic E-state index is 11.6. The zero-order chi connectivity index (χ0) is 12.7. The van der Waals surface area contributed by atoms with Crippen LogP contribution in [-0.4, -0.2) is 32.2 Å². The van der Waals surface area contributed by atoms with Crippen LogP contribution in [0.3, 0.4) is 0 Å². The van der Waals surface area contributed by atoms with Gasteiger partial charge in [0, 0.05) is 20.2 Å². The standard InChI is InChI=1S/C11H17BrN2O2S/c1-8(11(15)13-3-4-16-2)14-6-9-5-10(12)17-7-9/h5,7-8,14H,3-4,6H2,1-2H3,(H,13,15). The molecular weight excluding hydrogens is 304 g/mol. The van der Waals surface area contributed by atoms with Crippen molar-refractivity contribution in [2.45, 2.75) is 19.5 Å². The van der Waals surface area contributed by atoms with Gasteiger partial charge in [-0.05, 0) is 39.9 Å². The number of ether oxygens (including phenoxy) is 1. The Morgan fingerprint density at radius 1 is 1.65 bits per heavy atom. The third-order valence-corrected chi connectivity index (χ3v) is 3.79. The van der Waals surface area contributed by atoms with Gasteiger partial charge in [0.05, 0.1) is 16.4 Å². The molecule has 1 rings (SSSR count). The Balaban J connectivity index is 2.24. The Morgan fingerprint density at radius 2 is 2.41 bits per heavy atom. The van der Waals surface area contributed by atoms with Gasteiger partial charge < -0.3 is 15.4 Å². The highest BCUT2D eigenvalue weighted by Gasteiger charge is 2.11. The fourth-order valence-electron chi connectivity index (χ4n) is 1.23. The topological polar surface area (TPSA) is 50.4 Å². The summed E-state index contributed by atoms with van der Waals surface area (Å²) in [5.41, 5.74) is 1.18. The van der Waals surface area contributed by atoms with E-state index in [-0.39, 0.29) is 11.9 Å². The zero-order valence-corrected chi connectivity index (χ0v) is 12.4. The maximum atomic E-state index is 11.6. The molecule has 0 aromatic carbocycles. The summed E-state index contributed by atoms with van der Waals surface area (Å²) in [6.45, 7) is 3.63. The number of methoxy groups -OCH3 is 1. The smallest absolute Gasteiger partial charge is 0.236 e. The highest BCUT2D eigenvalue weighted by Crippen LogP contribution is 2.20. The summed E-state index contributed by atoms with van der Waals surface area (Å²) in [5, 5.41) is 8.03. The number of amides is 1. The molecule has 0 saturated heterocycles. The molecule has 2 N–H and O–H groups in total. The molecule has 0 radical (unpaired) electrons. The number of carbonyl (C=O) groups is 1. The third-order valence-electron chi connectivity index (χ3n) is 2.23. The molecule has 1 aromatic rings. The van der Waals surface area contributed by atoms with Crippen molar-refractivity contribution >= 4 is 33.2 Å². The van der Waals surface area contributed by atoms with Gasteiger partial charge in [-0.25, -0.2) is 0 Å². The first-order chi connectivity index (χ1) is 8.13. The fraction of sp³-hybridized carbons (Fsp3) is 0.545. The highest BCUT2D eigenvalue weighted by molar-refractivity contribution is 9.11.